The van der Waals surface area contributed by atoms with Crippen LogP contribution in [0.15, 0.2) is 0 Å². The van der Waals surface area contributed by atoms with Crippen LogP contribution in [0.4, 0.5) is 0 Å². The summed E-state index contributed by atoms with van der Waals surface area (Å²) >= 11 is 0. The first-order valence-electron chi connectivity index (χ1n) is 5.12. The zero-order valence-electron chi connectivity index (χ0n) is 8.29. The van der Waals surface area contributed by atoms with Gasteiger partial charge in [0.1, 0.15) is 0 Å². The Hall–Kier alpha value is -0.0800. The molecule has 2 heteroatoms. The average molecular weight is 171 g/mol. The Balaban J connectivity index is 2.20. The molecular weight excluding hydrogens is 150 g/mol. The fourth-order valence-corrected chi connectivity index (χ4v) is 2.06. The number of hydrogen-bond donors (Lipinski definition) is 1. The second-order valence-corrected chi connectivity index (χ2v) is 4.16. The van der Waals surface area contributed by atoms with Crippen molar-refractivity contribution >= 4 is 0 Å². The predicted molar refractivity (Wildman–Crippen MR) is 50.2 cm³/mol. The van der Waals surface area contributed by atoms with E-state index in [4.69, 9.17) is 0 Å². The van der Waals surface area contributed by atoms with Crippen LogP contribution in [-0.2, 0) is 0 Å². The summed E-state index contributed by atoms with van der Waals surface area (Å²) in [6.07, 6.45) is 8.11. The van der Waals surface area contributed by atoms with E-state index in [9.17, 15) is 5.21 Å². The molecule has 1 aliphatic rings. The highest BCUT2D eigenvalue weighted by molar-refractivity contribution is 4.70. The third-order valence-corrected chi connectivity index (χ3v) is 3.04. The lowest BCUT2D eigenvalue weighted by molar-refractivity contribution is -0.103. The maximum atomic E-state index is 9.18. The second-order valence-electron chi connectivity index (χ2n) is 4.16. The lowest BCUT2D eigenvalue weighted by Gasteiger charge is -2.26. The molecule has 0 radical (unpaired) electrons. The Morgan fingerprint density at radius 1 is 1.33 bits per heavy atom. The molecule has 12 heavy (non-hydrogen) atoms. The van der Waals surface area contributed by atoms with Crippen molar-refractivity contribution in [3.63, 3.8) is 0 Å². The van der Waals surface area contributed by atoms with E-state index < -0.39 is 0 Å². The molecular formula is C10H21NO. The Morgan fingerprint density at radius 2 is 1.92 bits per heavy atom. The largest absolute Gasteiger partial charge is 0.314 e. The van der Waals surface area contributed by atoms with Gasteiger partial charge in [0.25, 0.3) is 0 Å². The lowest BCUT2D eigenvalue weighted by Crippen LogP contribution is -2.28. The quantitative estimate of drug-likeness (QED) is 0.660. The van der Waals surface area contributed by atoms with Crippen LogP contribution in [0.3, 0.4) is 0 Å². The van der Waals surface area contributed by atoms with Crippen LogP contribution in [0.2, 0.25) is 0 Å². The summed E-state index contributed by atoms with van der Waals surface area (Å²) in [5, 5.41) is 10.5. The van der Waals surface area contributed by atoms with Crippen LogP contribution in [-0.4, -0.2) is 23.4 Å². The molecule has 1 atom stereocenters. The van der Waals surface area contributed by atoms with E-state index in [1.54, 1.807) is 7.05 Å². The third kappa shape index (κ3) is 3.11. The molecule has 0 aromatic carbocycles. The van der Waals surface area contributed by atoms with E-state index in [0.29, 0.717) is 6.04 Å². The van der Waals surface area contributed by atoms with E-state index in [0.717, 1.165) is 12.3 Å². The highest BCUT2D eigenvalue weighted by Crippen LogP contribution is 2.27. The van der Waals surface area contributed by atoms with Crippen molar-refractivity contribution in [2.45, 2.75) is 51.5 Å². The maximum absolute atomic E-state index is 9.18. The number of hydroxylamine groups is 2. The summed E-state index contributed by atoms with van der Waals surface area (Å²) in [6, 6.07) is 0.327. The minimum Gasteiger partial charge on any atom is -0.314 e. The van der Waals surface area contributed by atoms with E-state index in [2.05, 4.69) is 6.92 Å². The fraction of sp³-hybridized carbons (Fsp3) is 1.00. The van der Waals surface area contributed by atoms with Crippen molar-refractivity contribution < 1.29 is 5.21 Å². The van der Waals surface area contributed by atoms with Gasteiger partial charge < -0.3 is 5.21 Å². The first kappa shape index (κ1) is 10.0. The van der Waals surface area contributed by atoms with Crippen molar-refractivity contribution in [3.8, 4) is 0 Å². The molecule has 0 saturated heterocycles. The molecule has 0 aromatic heterocycles. The van der Waals surface area contributed by atoms with Crippen LogP contribution in [0, 0.1) is 5.92 Å². The smallest absolute Gasteiger partial charge is 0.0321 e. The Bertz CT molecular complexity index is 119. The Labute approximate surface area is 75.5 Å². The third-order valence-electron chi connectivity index (χ3n) is 3.04. The number of nitrogens with zero attached hydrogens (tertiary/aromatic N) is 1. The molecule has 0 heterocycles. The second kappa shape index (κ2) is 4.83. The van der Waals surface area contributed by atoms with Crippen LogP contribution >= 0.6 is 0 Å². The van der Waals surface area contributed by atoms with Gasteiger partial charge in [-0.05, 0) is 19.3 Å². The standard InChI is InChI=1S/C10H21NO/c1-9(11(2)12)8-10-6-4-3-5-7-10/h9-10,12H,3-8H2,1-2H3. The number of hydrogen-bond acceptors (Lipinski definition) is 2. The highest BCUT2D eigenvalue weighted by Gasteiger charge is 2.17. The summed E-state index contributed by atoms with van der Waals surface area (Å²) in [5.41, 5.74) is 0. The van der Waals surface area contributed by atoms with Crippen LogP contribution in [0.25, 0.3) is 0 Å². The first-order chi connectivity index (χ1) is 5.70. The van der Waals surface area contributed by atoms with Gasteiger partial charge in [0, 0.05) is 13.1 Å². The summed E-state index contributed by atoms with van der Waals surface area (Å²) in [6.45, 7) is 2.09. The molecule has 72 valence electrons. The highest BCUT2D eigenvalue weighted by atomic mass is 16.5. The van der Waals surface area contributed by atoms with Gasteiger partial charge in [0.05, 0.1) is 0 Å². The summed E-state index contributed by atoms with van der Waals surface area (Å²) in [4.78, 5) is 0. The van der Waals surface area contributed by atoms with Gasteiger partial charge in [-0.15, -0.1) is 0 Å². The van der Waals surface area contributed by atoms with Crippen LogP contribution in [0.5, 0.6) is 0 Å². The monoisotopic (exact) mass is 171 g/mol. The van der Waals surface area contributed by atoms with E-state index in [-0.39, 0.29) is 0 Å². The molecule has 1 rings (SSSR count). The number of rotatable bonds is 3. The van der Waals surface area contributed by atoms with Crippen molar-refractivity contribution in [3.05, 3.63) is 0 Å². The molecule has 0 bridgehead atoms. The van der Waals surface area contributed by atoms with Crippen molar-refractivity contribution in [2.75, 3.05) is 7.05 Å². The summed E-state index contributed by atoms with van der Waals surface area (Å²) in [7, 11) is 1.74. The normalized spacial score (nSPS) is 23.0. The molecule has 0 aliphatic heterocycles. The SMILES string of the molecule is CC(CC1CCCCC1)N(C)O. The molecule has 0 aromatic rings. The van der Waals surface area contributed by atoms with Gasteiger partial charge in [-0.1, -0.05) is 32.1 Å². The molecule has 1 saturated carbocycles. The van der Waals surface area contributed by atoms with Gasteiger partial charge in [0.15, 0.2) is 0 Å². The average Bonchev–Trinajstić information content (AvgIpc) is 2.06. The van der Waals surface area contributed by atoms with E-state index in [1.807, 2.05) is 0 Å². The van der Waals surface area contributed by atoms with Gasteiger partial charge in [-0.2, -0.15) is 5.06 Å². The topological polar surface area (TPSA) is 23.5 Å². The first-order valence-corrected chi connectivity index (χ1v) is 5.12. The van der Waals surface area contributed by atoms with E-state index >= 15 is 0 Å². The van der Waals surface area contributed by atoms with Crippen LogP contribution < -0.4 is 0 Å². The minimum atomic E-state index is 0.327. The van der Waals surface area contributed by atoms with Crippen molar-refractivity contribution in [2.24, 2.45) is 5.92 Å². The lowest BCUT2D eigenvalue weighted by atomic mass is 9.85. The van der Waals surface area contributed by atoms with Gasteiger partial charge in [0.2, 0.25) is 0 Å². The molecule has 0 spiro atoms. The zero-order valence-corrected chi connectivity index (χ0v) is 8.29. The van der Waals surface area contributed by atoms with Gasteiger partial charge in [-0.3, -0.25) is 0 Å². The Morgan fingerprint density at radius 3 is 2.42 bits per heavy atom. The molecule has 2 nitrogen and oxygen atoms in total. The molecule has 0 amide bonds. The van der Waals surface area contributed by atoms with Crippen LogP contribution in [0.1, 0.15) is 45.4 Å². The summed E-state index contributed by atoms with van der Waals surface area (Å²) < 4.78 is 0. The van der Waals surface area contributed by atoms with Crippen molar-refractivity contribution in [1.29, 1.82) is 0 Å². The molecule has 1 aliphatic carbocycles. The van der Waals surface area contributed by atoms with Gasteiger partial charge in [-0.25, -0.2) is 0 Å². The van der Waals surface area contributed by atoms with E-state index in [1.165, 1.54) is 37.2 Å². The van der Waals surface area contributed by atoms with Gasteiger partial charge >= 0.3 is 0 Å². The molecule has 1 unspecified atom stereocenters. The Kier molecular flexibility index (Phi) is 4.02. The maximum Gasteiger partial charge on any atom is 0.0321 e. The minimum absolute atomic E-state index is 0.327. The van der Waals surface area contributed by atoms with Crippen molar-refractivity contribution in [1.82, 2.24) is 5.06 Å². The predicted octanol–water partition coefficient (Wildman–Crippen LogP) is 2.67. The molecule has 1 N–H and O–H groups in total. The fourth-order valence-electron chi connectivity index (χ4n) is 2.06. The summed E-state index contributed by atoms with van der Waals surface area (Å²) in [5.74, 6) is 0.864. The zero-order chi connectivity index (χ0) is 8.97. The molecule has 1 fully saturated rings.